The molecule has 0 aliphatic carbocycles. The Balaban J connectivity index is 1.42. The third kappa shape index (κ3) is 5.37. The first kappa shape index (κ1) is 24.5. The predicted molar refractivity (Wildman–Crippen MR) is 139 cm³/mol. The third-order valence-corrected chi connectivity index (χ3v) is 6.50. The van der Waals surface area contributed by atoms with Gasteiger partial charge in [0.15, 0.2) is 0 Å². The summed E-state index contributed by atoms with van der Waals surface area (Å²) in [7, 11) is 0. The molecule has 0 bridgehead atoms. The Bertz CT molecular complexity index is 1220. The van der Waals surface area contributed by atoms with Crippen LogP contribution in [0.4, 0.5) is 5.69 Å². The SMILES string of the molecule is CC(C)NC(=O)[C@@H](C)N(CCc1ccccc1)C(=O)CCCN1C(=O)c2cccc3cccc1c23. The van der Waals surface area contributed by atoms with Crippen molar-refractivity contribution in [3.05, 3.63) is 77.9 Å². The summed E-state index contributed by atoms with van der Waals surface area (Å²) in [5.41, 5.74) is 2.74. The molecule has 0 fully saturated rings. The monoisotopic (exact) mass is 471 g/mol. The van der Waals surface area contributed by atoms with Crippen LogP contribution in [0.5, 0.6) is 0 Å². The molecule has 0 spiro atoms. The number of rotatable bonds is 10. The van der Waals surface area contributed by atoms with Crippen molar-refractivity contribution in [1.82, 2.24) is 10.2 Å². The molecule has 35 heavy (non-hydrogen) atoms. The maximum atomic E-state index is 13.3. The smallest absolute Gasteiger partial charge is 0.258 e. The predicted octanol–water partition coefficient (Wildman–Crippen LogP) is 4.56. The number of anilines is 1. The van der Waals surface area contributed by atoms with Gasteiger partial charge in [-0.25, -0.2) is 0 Å². The third-order valence-electron chi connectivity index (χ3n) is 6.50. The molecule has 6 heteroatoms. The Morgan fingerprint density at radius 3 is 2.37 bits per heavy atom. The molecule has 0 saturated carbocycles. The van der Waals surface area contributed by atoms with Gasteiger partial charge >= 0.3 is 0 Å². The van der Waals surface area contributed by atoms with Gasteiger partial charge in [0.2, 0.25) is 11.8 Å². The topological polar surface area (TPSA) is 69.7 Å². The zero-order chi connectivity index (χ0) is 24.9. The van der Waals surface area contributed by atoms with Gasteiger partial charge in [0, 0.05) is 36.5 Å². The summed E-state index contributed by atoms with van der Waals surface area (Å²) in [6.45, 7) is 6.51. The van der Waals surface area contributed by atoms with Gasteiger partial charge < -0.3 is 15.1 Å². The van der Waals surface area contributed by atoms with Gasteiger partial charge in [-0.2, -0.15) is 0 Å². The Kier molecular flexibility index (Phi) is 7.49. The molecule has 0 saturated heterocycles. The molecule has 1 aliphatic rings. The van der Waals surface area contributed by atoms with E-state index in [1.807, 2.05) is 80.6 Å². The zero-order valence-corrected chi connectivity index (χ0v) is 20.7. The van der Waals surface area contributed by atoms with Gasteiger partial charge in [-0.3, -0.25) is 14.4 Å². The molecule has 0 unspecified atom stereocenters. The fourth-order valence-electron chi connectivity index (χ4n) is 4.71. The molecule has 182 valence electrons. The van der Waals surface area contributed by atoms with Crippen molar-refractivity contribution in [2.45, 2.75) is 52.1 Å². The lowest BCUT2D eigenvalue weighted by molar-refractivity contribution is -0.140. The summed E-state index contributed by atoms with van der Waals surface area (Å²) in [6.07, 6.45) is 1.47. The fourth-order valence-corrected chi connectivity index (χ4v) is 4.71. The van der Waals surface area contributed by atoms with E-state index in [1.165, 1.54) is 0 Å². The second-order valence-electron chi connectivity index (χ2n) is 9.40. The first-order chi connectivity index (χ1) is 16.9. The highest BCUT2D eigenvalue weighted by Crippen LogP contribution is 2.37. The number of hydrogen-bond acceptors (Lipinski definition) is 3. The molecular formula is C29H33N3O3. The molecule has 4 rings (SSSR count). The van der Waals surface area contributed by atoms with E-state index in [2.05, 4.69) is 5.32 Å². The molecule has 6 nitrogen and oxygen atoms in total. The molecule has 0 aromatic heterocycles. The summed E-state index contributed by atoms with van der Waals surface area (Å²) in [5, 5.41) is 4.94. The quantitative estimate of drug-likeness (QED) is 0.471. The van der Waals surface area contributed by atoms with E-state index in [0.29, 0.717) is 31.5 Å². The lowest BCUT2D eigenvalue weighted by Gasteiger charge is -2.29. The lowest BCUT2D eigenvalue weighted by Crippen LogP contribution is -2.50. The van der Waals surface area contributed by atoms with Gasteiger partial charge in [-0.15, -0.1) is 0 Å². The summed E-state index contributed by atoms with van der Waals surface area (Å²) in [5.74, 6) is -0.247. The van der Waals surface area contributed by atoms with E-state index in [1.54, 1.807) is 16.7 Å². The van der Waals surface area contributed by atoms with Gasteiger partial charge in [0.05, 0.1) is 5.69 Å². The highest BCUT2D eigenvalue weighted by atomic mass is 16.2. The van der Waals surface area contributed by atoms with Crippen LogP contribution in [0.25, 0.3) is 10.8 Å². The number of nitrogens with zero attached hydrogens (tertiary/aromatic N) is 2. The van der Waals surface area contributed by atoms with E-state index < -0.39 is 6.04 Å². The van der Waals surface area contributed by atoms with E-state index in [0.717, 1.165) is 22.0 Å². The van der Waals surface area contributed by atoms with Crippen molar-refractivity contribution in [2.75, 3.05) is 18.0 Å². The number of carbonyl (C=O) groups is 3. The van der Waals surface area contributed by atoms with Crippen LogP contribution in [0.2, 0.25) is 0 Å². The number of nitrogens with one attached hydrogen (secondary N) is 1. The van der Waals surface area contributed by atoms with Gasteiger partial charge in [-0.1, -0.05) is 54.6 Å². The molecule has 1 heterocycles. The van der Waals surface area contributed by atoms with Crippen molar-refractivity contribution in [3.8, 4) is 0 Å². The van der Waals surface area contributed by atoms with Crippen LogP contribution >= 0.6 is 0 Å². The summed E-state index contributed by atoms with van der Waals surface area (Å²) in [6, 6.07) is 21.1. The van der Waals surface area contributed by atoms with E-state index in [9.17, 15) is 14.4 Å². The highest BCUT2D eigenvalue weighted by Gasteiger charge is 2.30. The van der Waals surface area contributed by atoms with Crippen molar-refractivity contribution < 1.29 is 14.4 Å². The fraction of sp³-hybridized carbons (Fsp3) is 0.345. The first-order valence-electron chi connectivity index (χ1n) is 12.3. The van der Waals surface area contributed by atoms with Crippen LogP contribution in [0.3, 0.4) is 0 Å². The van der Waals surface area contributed by atoms with Crippen molar-refractivity contribution in [2.24, 2.45) is 0 Å². The maximum absolute atomic E-state index is 13.3. The van der Waals surface area contributed by atoms with Gasteiger partial charge in [0.25, 0.3) is 5.91 Å². The van der Waals surface area contributed by atoms with Crippen LogP contribution in [0.15, 0.2) is 66.7 Å². The molecule has 1 N–H and O–H groups in total. The average molecular weight is 472 g/mol. The van der Waals surface area contributed by atoms with E-state index in [4.69, 9.17) is 0 Å². The molecule has 1 aliphatic heterocycles. The van der Waals surface area contributed by atoms with Crippen LogP contribution in [-0.4, -0.2) is 47.8 Å². The Morgan fingerprint density at radius 1 is 0.943 bits per heavy atom. The Labute approximate surface area is 206 Å². The normalized spacial score (nSPS) is 13.4. The minimum atomic E-state index is -0.569. The molecule has 0 radical (unpaired) electrons. The van der Waals surface area contributed by atoms with Crippen molar-refractivity contribution >= 4 is 34.2 Å². The highest BCUT2D eigenvalue weighted by molar-refractivity contribution is 6.25. The Hall–Kier alpha value is -3.67. The standard InChI is InChI=1S/C29H33N3O3/c1-20(2)30-28(34)21(3)31(19-17-22-10-5-4-6-11-22)26(33)16-9-18-32-25-15-8-13-23-12-7-14-24(27(23)25)29(32)35/h4-8,10-15,20-21H,9,16-19H2,1-3H3,(H,30,34)/t21-/m1/s1. The van der Waals surface area contributed by atoms with Crippen LogP contribution in [0, 0.1) is 0 Å². The minimum absolute atomic E-state index is 0.00143. The molecule has 1 atom stereocenters. The Morgan fingerprint density at radius 2 is 1.66 bits per heavy atom. The summed E-state index contributed by atoms with van der Waals surface area (Å²) in [4.78, 5) is 42.5. The number of hydrogen-bond donors (Lipinski definition) is 1. The largest absolute Gasteiger partial charge is 0.352 e. The maximum Gasteiger partial charge on any atom is 0.258 e. The van der Waals surface area contributed by atoms with Crippen molar-refractivity contribution in [1.29, 1.82) is 0 Å². The first-order valence-corrected chi connectivity index (χ1v) is 12.3. The van der Waals surface area contributed by atoms with Crippen LogP contribution in [0.1, 0.15) is 49.5 Å². The molecule has 3 aromatic rings. The molecule has 3 aromatic carbocycles. The van der Waals surface area contributed by atoms with Gasteiger partial charge in [0.1, 0.15) is 6.04 Å². The van der Waals surface area contributed by atoms with Crippen LogP contribution in [-0.2, 0) is 16.0 Å². The molecule has 3 amide bonds. The number of benzene rings is 3. The minimum Gasteiger partial charge on any atom is -0.352 e. The van der Waals surface area contributed by atoms with E-state index >= 15 is 0 Å². The number of amides is 3. The number of carbonyl (C=O) groups excluding carboxylic acids is 3. The summed E-state index contributed by atoms with van der Waals surface area (Å²) >= 11 is 0. The zero-order valence-electron chi connectivity index (χ0n) is 20.7. The lowest BCUT2D eigenvalue weighted by atomic mass is 10.1. The van der Waals surface area contributed by atoms with Gasteiger partial charge in [-0.05, 0) is 56.7 Å². The van der Waals surface area contributed by atoms with Crippen molar-refractivity contribution in [3.63, 3.8) is 0 Å². The van der Waals surface area contributed by atoms with Crippen LogP contribution < -0.4 is 10.2 Å². The second kappa shape index (κ2) is 10.7. The molecular weight excluding hydrogens is 438 g/mol. The van der Waals surface area contributed by atoms with E-state index in [-0.39, 0.29) is 30.2 Å². The summed E-state index contributed by atoms with van der Waals surface area (Å²) < 4.78 is 0. The average Bonchev–Trinajstić information content (AvgIpc) is 3.12. The second-order valence-corrected chi connectivity index (χ2v) is 9.40.